The highest BCUT2D eigenvalue weighted by atomic mass is 31.2. The number of ether oxygens (including phenoxy) is 1. The number of alkyl halides is 1. The zero-order valence-corrected chi connectivity index (χ0v) is 12.4. The summed E-state index contributed by atoms with van der Waals surface area (Å²) in [5, 5.41) is 9.85. The molecule has 0 aromatic carbocycles. The Morgan fingerprint density at radius 1 is 1.39 bits per heavy atom. The fourth-order valence-corrected chi connectivity index (χ4v) is 2.69. The van der Waals surface area contributed by atoms with Gasteiger partial charge in [0.1, 0.15) is 24.1 Å². The lowest BCUT2D eigenvalue weighted by Crippen LogP contribution is -2.27. The molecular weight excluding hydrogens is 332 g/mol. The molecule has 0 bridgehead atoms. The van der Waals surface area contributed by atoms with E-state index in [0.29, 0.717) is 5.82 Å². The van der Waals surface area contributed by atoms with Gasteiger partial charge in [-0.15, -0.1) is 0 Å². The molecule has 10 nitrogen and oxygen atoms in total. The summed E-state index contributed by atoms with van der Waals surface area (Å²) in [4.78, 5) is 29.3. The van der Waals surface area contributed by atoms with Crippen LogP contribution in [-0.2, 0) is 9.30 Å². The predicted octanol–water partition coefficient (Wildman–Crippen LogP) is -0.304. The van der Waals surface area contributed by atoms with Crippen LogP contribution in [0.25, 0.3) is 11.2 Å². The molecule has 0 aliphatic carbocycles. The molecule has 0 radical (unpaired) electrons. The third-order valence-electron chi connectivity index (χ3n) is 3.36. The lowest BCUT2D eigenvalue weighted by Gasteiger charge is -2.14. The van der Waals surface area contributed by atoms with Crippen molar-refractivity contribution in [2.24, 2.45) is 0 Å². The van der Waals surface area contributed by atoms with E-state index in [2.05, 4.69) is 15.0 Å². The molecule has 1 aliphatic heterocycles. The van der Waals surface area contributed by atoms with Gasteiger partial charge in [-0.1, -0.05) is 0 Å². The Morgan fingerprint density at radius 2 is 2.13 bits per heavy atom. The van der Waals surface area contributed by atoms with Gasteiger partial charge in [0.05, 0.1) is 6.33 Å². The van der Waals surface area contributed by atoms with Crippen molar-refractivity contribution in [3.8, 4) is 0 Å². The number of rotatable bonds is 3. The molecule has 5 N–H and O–H groups in total. The van der Waals surface area contributed by atoms with Crippen LogP contribution in [-0.4, -0.2) is 52.8 Å². The third kappa shape index (κ3) is 2.96. The zero-order valence-electron chi connectivity index (χ0n) is 11.5. The minimum absolute atomic E-state index is 0.112. The van der Waals surface area contributed by atoms with Crippen molar-refractivity contribution in [3.05, 3.63) is 24.5 Å². The molecule has 0 unspecified atom stereocenters. The number of aromatic nitrogens is 4. The van der Waals surface area contributed by atoms with Gasteiger partial charge in [-0.05, 0) is 6.08 Å². The van der Waals surface area contributed by atoms with E-state index in [0.717, 1.165) is 6.08 Å². The first kappa shape index (κ1) is 16.0. The average Bonchev–Trinajstić information content (AvgIpc) is 3.01. The maximum absolute atomic E-state index is 14.3. The Balaban J connectivity index is 1.93. The van der Waals surface area contributed by atoms with Crippen molar-refractivity contribution >= 4 is 24.6 Å². The number of aliphatic hydroxyl groups excluding tert-OH is 1. The third-order valence-corrected chi connectivity index (χ3v) is 3.92. The second kappa shape index (κ2) is 5.62. The monoisotopic (exact) mass is 345 g/mol. The topological polar surface area (TPSA) is 157 Å². The molecule has 2 aromatic rings. The SMILES string of the molecule is Nc1ncnc2c1ncn2[C@@H]1O[C@H](/C=C/P(=O)(O)O)[C@@H](O)[C@@H]1F. The minimum Gasteiger partial charge on any atom is -0.387 e. The highest BCUT2D eigenvalue weighted by Crippen LogP contribution is 2.39. The van der Waals surface area contributed by atoms with Crippen LogP contribution >= 0.6 is 7.60 Å². The largest absolute Gasteiger partial charge is 0.387 e. The van der Waals surface area contributed by atoms with Crippen LogP contribution in [0, 0.1) is 0 Å². The van der Waals surface area contributed by atoms with E-state index in [1.54, 1.807) is 0 Å². The Kier molecular flexibility index (Phi) is 3.90. The number of hydrogen-bond acceptors (Lipinski definition) is 7. The summed E-state index contributed by atoms with van der Waals surface area (Å²) in [5.74, 6) is 0.669. The predicted molar refractivity (Wildman–Crippen MR) is 75.7 cm³/mol. The fourth-order valence-electron chi connectivity index (χ4n) is 2.30. The van der Waals surface area contributed by atoms with Crippen molar-refractivity contribution < 1.29 is 28.6 Å². The Bertz CT molecular complexity index is 807. The number of fused-ring (bicyclic) bond motifs is 1. The van der Waals surface area contributed by atoms with Gasteiger partial charge in [0.25, 0.3) is 0 Å². The number of nitrogens with zero attached hydrogens (tertiary/aromatic N) is 4. The van der Waals surface area contributed by atoms with Crippen LogP contribution in [0.2, 0.25) is 0 Å². The number of aliphatic hydroxyl groups is 1. The van der Waals surface area contributed by atoms with E-state index in [4.69, 9.17) is 20.3 Å². The minimum atomic E-state index is -4.44. The van der Waals surface area contributed by atoms with E-state index >= 15 is 0 Å². The van der Waals surface area contributed by atoms with Gasteiger partial charge in [0.15, 0.2) is 23.9 Å². The highest BCUT2D eigenvalue weighted by Gasteiger charge is 2.45. The molecule has 4 atom stereocenters. The standard InChI is InChI=1S/C11H13FN5O5P/c12-6-8(18)5(1-2-23(19,20)21)22-11(6)17-4-16-7-9(13)14-3-15-10(7)17/h1-6,8,11,18H,(H2,13,14,15)(H2,19,20,21)/b2-1+/t5-,6+,8-,11-/m1/s1. The number of anilines is 1. The van der Waals surface area contributed by atoms with Crippen LogP contribution in [0.1, 0.15) is 6.23 Å². The van der Waals surface area contributed by atoms with Crippen LogP contribution in [0.4, 0.5) is 10.2 Å². The number of nitrogen functional groups attached to an aromatic ring is 1. The summed E-state index contributed by atoms with van der Waals surface area (Å²) < 4.78 is 31.7. The van der Waals surface area contributed by atoms with Gasteiger partial charge in [-0.3, -0.25) is 9.13 Å². The summed E-state index contributed by atoms with van der Waals surface area (Å²) in [6.45, 7) is 0. The Labute approximate surface area is 128 Å². The number of halogens is 1. The van der Waals surface area contributed by atoms with Crippen LogP contribution in [0.5, 0.6) is 0 Å². The van der Waals surface area contributed by atoms with Crippen LogP contribution in [0.3, 0.4) is 0 Å². The number of imidazole rings is 1. The van der Waals surface area contributed by atoms with Crippen molar-refractivity contribution in [3.63, 3.8) is 0 Å². The van der Waals surface area contributed by atoms with E-state index in [-0.39, 0.29) is 17.0 Å². The van der Waals surface area contributed by atoms with Gasteiger partial charge in [-0.25, -0.2) is 19.3 Å². The maximum atomic E-state index is 14.3. The Morgan fingerprint density at radius 3 is 2.83 bits per heavy atom. The van der Waals surface area contributed by atoms with Gasteiger partial charge in [0, 0.05) is 5.82 Å². The molecule has 3 heterocycles. The molecule has 124 valence electrons. The van der Waals surface area contributed by atoms with Crippen molar-refractivity contribution in [2.45, 2.75) is 24.6 Å². The van der Waals surface area contributed by atoms with Gasteiger partial charge in [0.2, 0.25) is 0 Å². The summed E-state index contributed by atoms with van der Waals surface area (Å²) in [6.07, 6.45) is -2.58. The smallest absolute Gasteiger partial charge is 0.348 e. The first-order chi connectivity index (χ1) is 10.8. The summed E-state index contributed by atoms with van der Waals surface area (Å²) in [6, 6.07) is 0. The number of hydrogen-bond donors (Lipinski definition) is 4. The highest BCUT2D eigenvalue weighted by molar-refractivity contribution is 7.55. The summed E-state index contributed by atoms with van der Waals surface area (Å²) >= 11 is 0. The second-order valence-electron chi connectivity index (χ2n) is 4.94. The molecule has 23 heavy (non-hydrogen) atoms. The fraction of sp³-hybridized carbons (Fsp3) is 0.364. The molecule has 0 spiro atoms. The average molecular weight is 345 g/mol. The lowest BCUT2D eigenvalue weighted by atomic mass is 10.1. The molecule has 2 aromatic heterocycles. The number of nitrogens with two attached hydrogens (primary N) is 1. The van der Waals surface area contributed by atoms with Crippen LogP contribution in [0.15, 0.2) is 24.5 Å². The van der Waals surface area contributed by atoms with E-state index in [1.165, 1.54) is 17.2 Å². The quantitative estimate of drug-likeness (QED) is 0.548. The Hall–Kier alpha value is -1.91. The van der Waals surface area contributed by atoms with Gasteiger partial charge in [-0.2, -0.15) is 0 Å². The molecule has 3 rings (SSSR count). The molecule has 1 saturated heterocycles. The molecule has 12 heteroatoms. The molecule has 0 amide bonds. The normalized spacial score (nSPS) is 28.9. The van der Waals surface area contributed by atoms with Gasteiger partial charge >= 0.3 is 7.60 Å². The lowest BCUT2D eigenvalue weighted by molar-refractivity contribution is -0.00168. The van der Waals surface area contributed by atoms with E-state index in [9.17, 15) is 14.1 Å². The second-order valence-corrected chi connectivity index (χ2v) is 6.42. The first-order valence-electron chi connectivity index (χ1n) is 6.43. The molecule has 0 saturated carbocycles. The maximum Gasteiger partial charge on any atom is 0.348 e. The molecule has 1 fully saturated rings. The van der Waals surface area contributed by atoms with Crippen molar-refractivity contribution in [1.82, 2.24) is 19.5 Å². The zero-order chi connectivity index (χ0) is 16.8. The van der Waals surface area contributed by atoms with Crippen molar-refractivity contribution in [2.75, 3.05) is 5.73 Å². The van der Waals surface area contributed by atoms with Gasteiger partial charge < -0.3 is 25.4 Å². The van der Waals surface area contributed by atoms with E-state index < -0.39 is 32.2 Å². The van der Waals surface area contributed by atoms with Crippen LogP contribution < -0.4 is 5.73 Å². The molecule has 1 aliphatic rings. The van der Waals surface area contributed by atoms with E-state index in [1.807, 2.05) is 0 Å². The summed E-state index contributed by atoms with van der Waals surface area (Å²) in [5.41, 5.74) is 6.12. The molecular formula is C11H13FN5O5P. The van der Waals surface area contributed by atoms with Crippen molar-refractivity contribution in [1.29, 1.82) is 0 Å². The first-order valence-corrected chi connectivity index (χ1v) is 8.11. The summed E-state index contributed by atoms with van der Waals surface area (Å²) in [7, 11) is -4.44.